The fourth-order valence-corrected chi connectivity index (χ4v) is 2.66. The van der Waals surface area contributed by atoms with E-state index in [9.17, 15) is 4.79 Å². The number of benzene rings is 1. The van der Waals surface area contributed by atoms with Crippen molar-refractivity contribution in [3.63, 3.8) is 0 Å². The highest BCUT2D eigenvalue weighted by atomic mass is 16.2. The summed E-state index contributed by atoms with van der Waals surface area (Å²) in [6.45, 7) is 9.04. The fourth-order valence-electron chi connectivity index (χ4n) is 2.66. The van der Waals surface area contributed by atoms with Gasteiger partial charge in [-0.15, -0.1) is 0 Å². The molecule has 3 nitrogen and oxygen atoms in total. The Morgan fingerprint density at radius 1 is 1.29 bits per heavy atom. The molecule has 0 aromatic heterocycles. The van der Waals surface area contributed by atoms with Crippen LogP contribution in [0.2, 0.25) is 0 Å². The number of hydrogen-bond acceptors (Lipinski definition) is 2. The topological polar surface area (TPSA) is 55.1 Å². The highest BCUT2D eigenvalue weighted by Crippen LogP contribution is 2.28. The monoisotopic (exact) mass is 290 g/mol. The zero-order valence-corrected chi connectivity index (χ0v) is 13.9. The van der Waals surface area contributed by atoms with Crippen LogP contribution >= 0.6 is 0 Å². The Morgan fingerprint density at radius 2 is 1.90 bits per heavy atom. The van der Waals surface area contributed by atoms with Gasteiger partial charge in [0.1, 0.15) is 0 Å². The van der Waals surface area contributed by atoms with Crippen molar-refractivity contribution < 1.29 is 4.79 Å². The molecule has 3 atom stereocenters. The standard InChI is InChI=1S/C18H30N2O/c1-5-14(3)16(15-10-8-7-9-11-15)17(21)20-18(4,6-2)12-13-19/h7-11,14,16H,5-6,12-13,19H2,1-4H3,(H,20,21). The third-order valence-electron chi connectivity index (χ3n) is 4.56. The summed E-state index contributed by atoms with van der Waals surface area (Å²) in [5.41, 5.74) is 6.56. The molecule has 1 rings (SSSR count). The second kappa shape index (κ2) is 8.18. The quantitative estimate of drug-likeness (QED) is 0.770. The third-order valence-corrected chi connectivity index (χ3v) is 4.56. The molecule has 0 heterocycles. The molecule has 3 N–H and O–H groups in total. The molecule has 3 heteroatoms. The Balaban J connectivity index is 2.96. The summed E-state index contributed by atoms with van der Waals surface area (Å²) < 4.78 is 0. The number of amides is 1. The van der Waals surface area contributed by atoms with Crippen LogP contribution in [0.15, 0.2) is 30.3 Å². The minimum absolute atomic E-state index is 0.0974. The Labute approximate surface area is 129 Å². The smallest absolute Gasteiger partial charge is 0.228 e. The fraction of sp³-hybridized carbons (Fsp3) is 0.611. The molecule has 1 amide bonds. The normalized spacial score (nSPS) is 16.8. The van der Waals surface area contributed by atoms with Crippen molar-refractivity contribution in [3.8, 4) is 0 Å². The Bertz CT molecular complexity index is 432. The molecule has 118 valence electrons. The SMILES string of the molecule is CCC(C)C(C(=O)NC(C)(CC)CCN)c1ccccc1. The Kier molecular flexibility index (Phi) is 6.90. The van der Waals surface area contributed by atoms with Gasteiger partial charge in [0.2, 0.25) is 5.91 Å². The second-order valence-corrected chi connectivity index (χ2v) is 6.22. The first kappa shape index (κ1) is 17.7. The lowest BCUT2D eigenvalue weighted by molar-refractivity contribution is -0.125. The van der Waals surface area contributed by atoms with E-state index in [-0.39, 0.29) is 17.4 Å². The summed E-state index contributed by atoms with van der Waals surface area (Å²) in [6.07, 6.45) is 2.67. The largest absolute Gasteiger partial charge is 0.350 e. The number of nitrogens with two attached hydrogens (primary N) is 1. The average Bonchev–Trinajstić information content (AvgIpc) is 2.48. The third kappa shape index (κ3) is 4.85. The summed E-state index contributed by atoms with van der Waals surface area (Å²) in [5.74, 6) is 0.333. The molecule has 1 aromatic carbocycles. The van der Waals surface area contributed by atoms with Crippen LogP contribution in [0.5, 0.6) is 0 Å². The molecule has 0 aliphatic rings. The molecule has 0 bridgehead atoms. The first-order chi connectivity index (χ1) is 9.97. The van der Waals surface area contributed by atoms with Crippen LogP contribution < -0.4 is 11.1 Å². The molecule has 0 spiro atoms. The lowest BCUT2D eigenvalue weighted by atomic mass is 9.83. The van der Waals surface area contributed by atoms with E-state index in [4.69, 9.17) is 5.73 Å². The zero-order chi connectivity index (χ0) is 15.9. The number of nitrogens with one attached hydrogen (secondary N) is 1. The molecule has 1 aromatic rings. The van der Waals surface area contributed by atoms with Crippen LogP contribution in [0.1, 0.15) is 58.4 Å². The summed E-state index contributed by atoms with van der Waals surface area (Å²) in [6, 6.07) is 10.1. The molecule has 0 saturated carbocycles. The molecule has 0 aliphatic heterocycles. The van der Waals surface area contributed by atoms with Crippen molar-refractivity contribution >= 4 is 5.91 Å². The van der Waals surface area contributed by atoms with E-state index in [2.05, 4.69) is 33.0 Å². The molecular weight excluding hydrogens is 260 g/mol. The van der Waals surface area contributed by atoms with Gasteiger partial charge in [-0.05, 0) is 37.8 Å². The van der Waals surface area contributed by atoms with Crippen molar-refractivity contribution in [1.82, 2.24) is 5.32 Å². The molecule has 21 heavy (non-hydrogen) atoms. The van der Waals surface area contributed by atoms with Gasteiger partial charge < -0.3 is 11.1 Å². The molecule has 0 radical (unpaired) electrons. The second-order valence-electron chi connectivity index (χ2n) is 6.22. The van der Waals surface area contributed by atoms with Gasteiger partial charge >= 0.3 is 0 Å². The maximum absolute atomic E-state index is 12.8. The van der Waals surface area contributed by atoms with Crippen LogP contribution in [0.3, 0.4) is 0 Å². The van der Waals surface area contributed by atoms with E-state index < -0.39 is 0 Å². The maximum atomic E-state index is 12.8. The van der Waals surface area contributed by atoms with Crippen LogP contribution in [0.25, 0.3) is 0 Å². The number of hydrogen-bond donors (Lipinski definition) is 2. The van der Waals surface area contributed by atoms with Crippen LogP contribution in [-0.4, -0.2) is 18.0 Å². The van der Waals surface area contributed by atoms with Gasteiger partial charge in [0.25, 0.3) is 0 Å². The average molecular weight is 290 g/mol. The van der Waals surface area contributed by atoms with Gasteiger partial charge in [0, 0.05) is 5.54 Å². The molecule has 3 unspecified atom stereocenters. The van der Waals surface area contributed by atoms with Gasteiger partial charge in [0.05, 0.1) is 5.92 Å². The van der Waals surface area contributed by atoms with E-state index in [0.29, 0.717) is 12.5 Å². The molecule has 0 fully saturated rings. The van der Waals surface area contributed by atoms with E-state index in [1.165, 1.54) is 0 Å². The predicted octanol–water partition coefficient (Wildman–Crippen LogP) is 3.45. The summed E-state index contributed by atoms with van der Waals surface area (Å²) in [4.78, 5) is 12.8. The highest BCUT2D eigenvalue weighted by molar-refractivity contribution is 5.84. The van der Waals surface area contributed by atoms with Crippen LogP contribution in [-0.2, 0) is 4.79 Å². The summed E-state index contributed by atoms with van der Waals surface area (Å²) in [7, 11) is 0. The van der Waals surface area contributed by atoms with Crippen molar-refractivity contribution in [2.45, 2.75) is 58.4 Å². The predicted molar refractivity (Wildman–Crippen MR) is 89.1 cm³/mol. The van der Waals surface area contributed by atoms with Crippen LogP contribution in [0, 0.1) is 5.92 Å². The summed E-state index contributed by atoms with van der Waals surface area (Å²) in [5, 5.41) is 3.24. The Morgan fingerprint density at radius 3 is 2.38 bits per heavy atom. The first-order valence-electron chi connectivity index (χ1n) is 8.04. The summed E-state index contributed by atoms with van der Waals surface area (Å²) >= 11 is 0. The van der Waals surface area contributed by atoms with Gasteiger partial charge in [-0.25, -0.2) is 0 Å². The minimum Gasteiger partial charge on any atom is -0.350 e. The number of carbonyl (C=O) groups is 1. The van der Waals surface area contributed by atoms with Crippen molar-refractivity contribution in [2.24, 2.45) is 11.7 Å². The van der Waals surface area contributed by atoms with E-state index in [0.717, 1.165) is 24.8 Å². The van der Waals surface area contributed by atoms with Gasteiger partial charge in [-0.1, -0.05) is 57.5 Å². The van der Waals surface area contributed by atoms with Gasteiger partial charge in [-0.3, -0.25) is 4.79 Å². The molecular formula is C18H30N2O. The van der Waals surface area contributed by atoms with E-state index in [1.807, 2.05) is 30.3 Å². The number of rotatable bonds is 8. The lowest BCUT2D eigenvalue weighted by Crippen LogP contribution is -2.49. The van der Waals surface area contributed by atoms with E-state index in [1.54, 1.807) is 0 Å². The Hall–Kier alpha value is -1.35. The van der Waals surface area contributed by atoms with Gasteiger partial charge in [-0.2, -0.15) is 0 Å². The van der Waals surface area contributed by atoms with Crippen molar-refractivity contribution in [1.29, 1.82) is 0 Å². The van der Waals surface area contributed by atoms with Crippen molar-refractivity contribution in [2.75, 3.05) is 6.54 Å². The number of carbonyl (C=O) groups excluding carboxylic acids is 1. The molecule has 0 saturated heterocycles. The lowest BCUT2D eigenvalue weighted by Gasteiger charge is -2.33. The zero-order valence-electron chi connectivity index (χ0n) is 13.9. The highest BCUT2D eigenvalue weighted by Gasteiger charge is 2.31. The maximum Gasteiger partial charge on any atom is 0.228 e. The first-order valence-corrected chi connectivity index (χ1v) is 8.04. The molecule has 0 aliphatic carbocycles. The van der Waals surface area contributed by atoms with E-state index >= 15 is 0 Å². The van der Waals surface area contributed by atoms with Crippen molar-refractivity contribution in [3.05, 3.63) is 35.9 Å². The van der Waals surface area contributed by atoms with Crippen LogP contribution in [0.4, 0.5) is 0 Å². The van der Waals surface area contributed by atoms with Gasteiger partial charge in [0.15, 0.2) is 0 Å². The minimum atomic E-state index is -0.216.